The van der Waals surface area contributed by atoms with Crippen LogP contribution in [0.2, 0.25) is 0 Å². The standard InChI is InChI=1S/C14H19N3/c1-10-11(13-15-9-16-17(13)5)7-6-8-12(10)14(2,3)4/h6-9H,1-5H3. The molecule has 0 spiro atoms. The summed E-state index contributed by atoms with van der Waals surface area (Å²) in [6.45, 7) is 8.85. The third-order valence-electron chi connectivity index (χ3n) is 3.09. The maximum absolute atomic E-state index is 4.32. The van der Waals surface area contributed by atoms with Gasteiger partial charge in [-0.3, -0.25) is 0 Å². The molecule has 0 radical (unpaired) electrons. The average Bonchev–Trinajstić information content (AvgIpc) is 2.63. The SMILES string of the molecule is Cc1c(-c2ncnn2C)cccc1C(C)(C)C. The van der Waals surface area contributed by atoms with E-state index in [1.165, 1.54) is 11.1 Å². The molecule has 0 unspecified atom stereocenters. The first kappa shape index (κ1) is 11.8. The van der Waals surface area contributed by atoms with E-state index in [9.17, 15) is 0 Å². The zero-order chi connectivity index (χ0) is 12.6. The van der Waals surface area contributed by atoms with E-state index in [1.807, 2.05) is 11.7 Å². The summed E-state index contributed by atoms with van der Waals surface area (Å²) in [6.07, 6.45) is 1.60. The van der Waals surface area contributed by atoms with Gasteiger partial charge in [-0.2, -0.15) is 5.10 Å². The van der Waals surface area contributed by atoms with E-state index in [0.717, 1.165) is 11.4 Å². The first-order chi connectivity index (χ1) is 7.91. The number of benzene rings is 1. The Morgan fingerprint density at radius 2 is 1.88 bits per heavy atom. The smallest absolute Gasteiger partial charge is 0.158 e. The molecule has 0 amide bonds. The number of hydrogen-bond donors (Lipinski definition) is 0. The Hall–Kier alpha value is -1.64. The number of nitrogens with zero attached hydrogens (tertiary/aromatic N) is 3. The second kappa shape index (κ2) is 3.99. The van der Waals surface area contributed by atoms with E-state index >= 15 is 0 Å². The molecule has 0 fully saturated rings. The molecule has 2 rings (SSSR count). The second-order valence-electron chi connectivity index (χ2n) is 5.44. The molecule has 17 heavy (non-hydrogen) atoms. The Labute approximate surface area is 103 Å². The van der Waals surface area contributed by atoms with Crippen molar-refractivity contribution in [1.29, 1.82) is 0 Å². The van der Waals surface area contributed by atoms with Gasteiger partial charge < -0.3 is 0 Å². The lowest BCUT2D eigenvalue weighted by Gasteiger charge is -2.23. The van der Waals surface area contributed by atoms with Crippen LogP contribution in [-0.2, 0) is 12.5 Å². The highest BCUT2D eigenvalue weighted by Gasteiger charge is 2.19. The van der Waals surface area contributed by atoms with Crippen LogP contribution in [0.3, 0.4) is 0 Å². The Kier molecular flexibility index (Phi) is 2.77. The van der Waals surface area contributed by atoms with Gasteiger partial charge in [-0.05, 0) is 23.5 Å². The molecule has 2 aromatic rings. The first-order valence-electron chi connectivity index (χ1n) is 5.85. The van der Waals surface area contributed by atoms with Crippen molar-refractivity contribution in [2.45, 2.75) is 33.1 Å². The maximum atomic E-state index is 4.32. The second-order valence-corrected chi connectivity index (χ2v) is 5.44. The van der Waals surface area contributed by atoms with Crippen molar-refractivity contribution < 1.29 is 0 Å². The number of rotatable bonds is 1. The summed E-state index contributed by atoms with van der Waals surface area (Å²) in [5.74, 6) is 0.925. The lowest BCUT2D eigenvalue weighted by Crippen LogP contribution is -2.13. The molecule has 0 saturated carbocycles. The van der Waals surface area contributed by atoms with Crippen LogP contribution in [0, 0.1) is 6.92 Å². The molecular formula is C14H19N3. The van der Waals surface area contributed by atoms with Gasteiger partial charge in [-0.25, -0.2) is 9.67 Å². The third-order valence-corrected chi connectivity index (χ3v) is 3.09. The van der Waals surface area contributed by atoms with Crippen LogP contribution in [0.25, 0.3) is 11.4 Å². The molecule has 0 bridgehead atoms. The van der Waals surface area contributed by atoms with Crippen LogP contribution in [0.4, 0.5) is 0 Å². The molecule has 0 atom stereocenters. The zero-order valence-electron chi connectivity index (χ0n) is 11.2. The van der Waals surface area contributed by atoms with Crippen molar-refractivity contribution in [3.8, 4) is 11.4 Å². The molecule has 1 heterocycles. The quantitative estimate of drug-likeness (QED) is 0.752. The van der Waals surface area contributed by atoms with Crippen molar-refractivity contribution in [3.63, 3.8) is 0 Å². The molecule has 0 saturated heterocycles. The molecule has 90 valence electrons. The largest absolute Gasteiger partial charge is 0.249 e. The van der Waals surface area contributed by atoms with E-state index in [1.54, 1.807) is 6.33 Å². The van der Waals surface area contributed by atoms with E-state index in [2.05, 4.69) is 56.0 Å². The molecular weight excluding hydrogens is 210 g/mol. The van der Waals surface area contributed by atoms with Crippen molar-refractivity contribution in [2.24, 2.45) is 7.05 Å². The maximum Gasteiger partial charge on any atom is 0.158 e. The van der Waals surface area contributed by atoms with Crippen LogP contribution in [0.15, 0.2) is 24.5 Å². The van der Waals surface area contributed by atoms with E-state index in [-0.39, 0.29) is 5.41 Å². The Bertz CT molecular complexity index is 533. The molecule has 1 aromatic carbocycles. The van der Waals surface area contributed by atoms with Crippen LogP contribution in [-0.4, -0.2) is 14.8 Å². The van der Waals surface area contributed by atoms with Gasteiger partial charge in [0.15, 0.2) is 5.82 Å². The minimum atomic E-state index is 0.151. The topological polar surface area (TPSA) is 30.7 Å². The molecule has 0 aliphatic heterocycles. The molecule has 3 nitrogen and oxygen atoms in total. The van der Waals surface area contributed by atoms with Gasteiger partial charge in [0.2, 0.25) is 0 Å². The van der Waals surface area contributed by atoms with Crippen LogP contribution >= 0.6 is 0 Å². The van der Waals surface area contributed by atoms with Gasteiger partial charge in [0.05, 0.1) is 0 Å². The van der Waals surface area contributed by atoms with Crippen molar-refractivity contribution in [2.75, 3.05) is 0 Å². The van der Waals surface area contributed by atoms with E-state index in [0.29, 0.717) is 0 Å². The minimum Gasteiger partial charge on any atom is -0.249 e. The third kappa shape index (κ3) is 2.09. The van der Waals surface area contributed by atoms with Crippen LogP contribution in [0.5, 0.6) is 0 Å². The number of aryl methyl sites for hydroxylation is 1. The minimum absolute atomic E-state index is 0.151. The summed E-state index contributed by atoms with van der Waals surface area (Å²) in [5, 5.41) is 4.13. The predicted molar refractivity (Wildman–Crippen MR) is 69.9 cm³/mol. The summed E-state index contributed by atoms with van der Waals surface area (Å²) in [4.78, 5) is 4.32. The van der Waals surface area contributed by atoms with Crippen LogP contribution in [0.1, 0.15) is 31.9 Å². The molecule has 3 heteroatoms. The van der Waals surface area contributed by atoms with Crippen LogP contribution < -0.4 is 0 Å². The number of aromatic nitrogens is 3. The average molecular weight is 229 g/mol. The van der Waals surface area contributed by atoms with Crippen molar-refractivity contribution in [1.82, 2.24) is 14.8 Å². The summed E-state index contributed by atoms with van der Waals surface area (Å²) >= 11 is 0. The Morgan fingerprint density at radius 1 is 1.18 bits per heavy atom. The summed E-state index contributed by atoms with van der Waals surface area (Å²) in [7, 11) is 1.92. The van der Waals surface area contributed by atoms with Gasteiger partial charge in [-0.1, -0.05) is 39.0 Å². The molecule has 0 N–H and O–H groups in total. The highest BCUT2D eigenvalue weighted by atomic mass is 15.3. The fraction of sp³-hybridized carbons (Fsp3) is 0.429. The lowest BCUT2D eigenvalue weighted by molar-refractivity contribution is 0.586. The van der Waals surface area contributed by atoms with Gasteiger partial charge in [0.25, 0.3) is 0 Å². The van der Waals surface area contributed by atoms with Crippen molar-refractivity contribution in [3.05, 3.63) is 35.7 Å². The zero-order valence-corrected chi connectivity index (χ0v) is 11.2. The predicted octanol–water partition coefficient (Wildman–Crippen LogP) is 3.09. The Balaban J connectivity index is 2.62. The van der Waals surface area contributed by atoms with Gasteiger partial charge in [0, 0.05) is 12.6 Å². The fourth-order valence-electron chi connectivity index (χ4n) is 2.23. The summed E-state index contributed by atoms with van der Waals surface area (Å²) < 4.78 is 1.81. The van der Waals surface area contributed by atoms with Gasteiger partial charge in [0.1, 0.15) is 6.33 Å². The first-order valence-corrected chi connectivity index (χ1v) is 5.85. The van der Waals surface area contributed by atoms with Crippen molar-refractivity contribution >= 4 is 0 Å². The number of hydrogen-bond acceptors (Lipinski definition) is 2. The van der Waals surface area contributed by atoms with Gasteiger partial charge in [-0.15, -0.1) is 0 Å². The fourth-order valence-corrected chi connectivity index (χ4v) is 2.23. The summed E-state index contributed by atoms with van der Waals surface area (Å²) in [6, 6.07) is 6.39. The summed E-state index contributed by atoms with van der Waals surface area (Å²) in [5.41, 5.74) is 3.96. The van der Waals surface area contributed by atoms with E-state index in [4.69, 9.17) is 0 Å². The normalized spacial score (nSPS) is 11.8. The lowest BCUT2D eigenvalue weighted by atomic mass is 9.82. The molecule has 0 aliphatic rings. The Morgan fingerprint density at radius 3 is 2.41 bits per heavy atom. The molecule has 1 aromatic heterocycles. The highest BCUT2D eigenvalue weighted by molar-refractivity contribution is 5.62. The van der Waals surface area contributed by atoms with E-state index < -0.39 is 0 Å². The highest BCUT2D eigenvalue weighted by Crippen LogP contribution is 2.31. The van der Waals surface area contributed by atoms with Gasteiger partial charge >= 0.3 is 0 Å². The molecule has 0 aliphatic carbocycles. The monoisotopic (exact) mass is 229 g/mol.